The molecule has 0 bridgehead atoms. The van der Waals surface area contributed by atoms with Crippen LogP contribution in [0.25, 0.3) is 0 Å². The third-order valence-electron chi connectivity index (χ3n) is 3.95. The fraction of sp³-hybridized carbons (Fsp3) is 0.316. The van der Waals surface area contributed by atoms with Crippen molar-refractivity contribution in [2.24, 2.45) is 0 Å². The van der Waals surface area contributed by atoms with Crippen LogP contribution < -0.4 is 15.8 Å². The number of ether oxygens (including phenoxy) is 2. The van der Waals surface area contributed by atoms with Crippen LogP contribution in [0.5, 0.6) is 5.75 Å². The highest BCUT2D eigenvalue weighted by molar-refractivity contribution is 6.31. The number of aliphatic hydroxyl groups excluding tert-OH is 2. The van der Waals surface area contributed by atoms with Crippen molar-refractivity contribution in [1.29, 1.82) is 0 Å². The number of carbonyl (C=O) groups is 1. The molecule has 0 saturated heterocycles. The number of nitrogens with one attached hydrogen (secondary N) is 1. The minimum absolute atomic E-state index is 0.102. The molecule has 5 N–H and O–H groups in total. The van der Waals surface area contributed by atoms with Crippen molar-refractivity contribution < 1.29 is 24.5 Å². The Balaban J connectivity index is 1.81. The number of amides is 1. The smallest absolute Gasteiger partial charge is 0.407 e. The molecular weight excluding hydrogens is 372 g/mol. The monoisotopic (exact) mass is 394 g/mol. The second-order valence-corrected chi connectivity index (χ2v) is 6.31. The van der Waals surface area contributed by atoms with Gasteiger partial charge >= 0.3 is 6.09 Å². The van der Waals surface area contributed by atoms with Crippen LogP contribution in [-0.2, 0) is 11.3 Å². The van der Waals surface area contributed by atoms with Crippen molar-refractivity contribution in [2.45, 2.75) is 25.2 Å². The molecule has 27 heavy (non-hydrogen) atoms. The standard InChI is InChI=1S/C19H23ClN2O5/c1-26-17-9-13(14(20)10-15(17)21)18(24)16(23)7-8-22-19(25)27-11-12-5-3-2-4-6-12/h2-6,9-10,16,18,23-24H,7-8,11,21H2,1H3,(H,22,25). The summed E-state index contributed by atoms with van der Waals surface area (Å²) in [5.74, 6) is 0.350. The third-order valence-corrected chi connectivity index (χ3v) is 4.28. The van der Waals surface area contributed by atoms with E-state index in [1.54, 1.807) is 0 Å². The molecule has 2 aromatic rings. The lowest BCUT2D eigenvalue weighted by Gasteiger charge is -2.20. The number of hydrogen-bond donors (Lipinski definition) is 4. The fourth-order valence-electron chi connectivity index (χ4n) is 2.45. The van der Waals surface area contributed by atoms with Gasteiger partial charge in [-0.25, -0.2) is 4.79 Å². The van der Waals surface area contributed by atoms with E-state index in [4.69, 9.17) is 26.8 Å². The summed E-state index contributed by atoms with van der Waals surface area (Å²) in [6.45, 7) is 0.272. The zero-order chi connectivity index (χ0) is 19.8. The normalized spacial score (nSPS) is 12.9. The first-order valence-electron chi connectivity index (χ1n) is 8.36. The Morgan fingerprint density at radius 1 is 1.26 bits per heavy atom. The number of alkyl carbamates (subject to hydrolysis) is 1. The molecule has 7 nitrogen and oxygen atoms in total. The number of aliphatic hydroxyl groups is 2. The van der Waals surface area contributed by atoms with Crippen LogP contribution in [0.15, 0.2) is 42.5 Å². The Kier molecular flexibility index (Phi) is 7.72. The van der Waals surface area contributed by atoms with E-state index < -0.39 is 18.3 Å². The minimum Gasteiger partial charge on any atom is -0.495 e. The number of nitrogen functional groups attached to an aromatic ring is 1. The molecule has 1 amide bonds. The maximum absolute atomic E-state index is 11.7. The average Bonchev–Trinajstić information content (AvgIpc) is 2.66. The third kappa shape index (κ3) is 6.02. The molecule has 0 aromatic heterocycles. The fourth-order valence-corrected chi connectivity index (χ4v) is 2.73. The van der Waals surface area contributed by atoms with Gasteiger partial charge in [0.25, 0.3) is 0 Å². The van der Waals surface area contributed by atoms with Gasteiger partial charge in [-0.3, -0.25) is 0 Å². The van der Waals surface area contributed by atoms with Crippen LogP contribution >= 0.6 is 11.6 Å². The average molecular weight is 395 g/mol. The van der Waals surface area contributed by atoms with E-state index in [0.717, 1.165) is 5.56 Å². The summed E-state index contributed by atoms with van der Waals surface area (Å²) in [7, 11) is 1.44. The first kappa shape index (κ1) is 20.8. The molecule has 0 fully saturated rings. The Morgan fingerprint density at radius 3 is 2.63 bits per heavy atom. The van der Waals surface area contributed by atoms with Gasteiger partial charge in [0.2, 0.25) is 0 Å². The highest BCUT2D eigenvalue weighted by Crippen LogP contribution is 2.34. The van der Waals surface area contributed by atoms with Crippen LogP contribution in [0, 0.1) is 0 Å². The lowest BCUT2D eigenvalue weighted by atomic mass is 10.0. The van der Waals surface area contributed by atoms with E-state index in [0.29, 0.717) is 17.0 Å². The number of carbonyl (C=O) groups excluding carboxylic acids is 1. The van der Waals surface area contributed by atoms with E-state index in [-0.39, 0.29) is 24.6 Å². The van der Waals surface area contributed by atoms with Crippen molar-refractivity contribution in [3.63, 3.8) is 0 Å². The quantitative estimate of drug-likeness (QED) is 0.512. The lowest BCUT2D eigenvalue weighted by molar-refractivity contribution is 0.0136. The first-order valence-corrected chi connectivity index (χ1v) is 8.73. The van der Waals surface area contributed by atoms with E-state index in [2.05, 4.69) is 5.32 Å². The van der Waals surface area contributed by atoms with Crippen LogP contribution in [0.4, 0.5) is 10.5 Å². The summed E-state index contributed by atoms with van der Waals surface area (Å²) in [6, 6.07) is 12.2. The molecule has 8 heteroatoms. The summed E-state index contributed by atoms with van der Waals surface area (Å²) in [5, 5.41) is 23.2. The molecule has 146 valence electrons. The molecule has 2 rings (SSSR count). The number of anilines is 1. The topological polar surface area (TPSA) is 114 Å². The van der Waals surface area contributed by atoms with Gasteiger partial charge in [-0.05, 0) is 24.1 Å². The van der Waals surface area contributed by atoms with Gasteiger partial charge in [0.05, 0.1) is 18.9 Å². The summed E-state index contributed by atoms with van der Waals surface area (Å²) in [5.41, 5.74) is 7.24. The molecule has 2 aromatic carbocycles. The maximum Gasteiger partial charge on any atom is 0.407 e. The second-order valence-electron chi connectivity index (χ2n) is 5.91. The van der Waals surface area contributed by atoms with E-state index in [9.17, 15) is 15.0 Å². The van der Waals surface area contributed by atoms with Crippen LogP contribution in [0.1, 0.15) is 23.7 Å². The number of rotatable bonds is 8. The summed E-state index contributed by atoms with van der Waals surface area (Å²) in [6.07, 6.45) is -2.91. The Hall–Kier alpha value is -2.48. The summed E-state index contributed by atoms with van der Waals surface area (Å²) in [4.78, 5) is 11.7. The summed E-state index contributed by atoms with van der Waals surface area (Å²) >= 11 is 6.08. The maximum atomic E-state index is 11.7. The largest absolute Gasteiger partial charge is 0.495 e. The SMILES string of the molecule is COc1cc(C(O)C(O)CCNC(=O)OCc2ccccc2)c(Cl)cc1N. The molecule has 0 radical (unpaired) electrons. The van der Waals surface area contributed by atoms with Gasteiger partial charge in [0.15, 0.2) is 0 Å². The van der Waals surface area contributed by atoms with Gasteiger partial charge < -0.3 is 30.7 Å². The highest BCUT2D eigenvalue weighted by atomic mass is 35.5. The van der Waals surface area contributed by atoms with Crippen molar-refractivity contribution in [2.75, 3.05) is 19.4 Å². The van der Waals surface area contributed by atoms with Crippen molar-refractivity contribution >= 4 is 23.4 Å². The molecule has 0 aliphatic rings. The van der Waals surface area contributed by atoms with Gasteiger partial charge in [0, 0.05) is 17.1 Å². The number of halogens is 1. The Morgan fingerprint density at radius 2 is 1.96 bits per heavy atom. The highest BCUT2D eigenvalue weighted by Gasteiger charge is 2.22. The van der Waals surface area contributed by atoms with E-state index >= 15 is 0 Å². The van der Waals surface area contributed by atoms with Crippen LogP contribution in [-0.4, -0.2) is 36.1 Å². The zero-order valence-corrected chi connectivity index (χ0v) is 15.6. The van der Waals surface area contributed by atoms with Gasteiger partial charge in [0.1, 0.15) is 18.5 Å². The first-order chi connectivity index (χ1) is 12.9. The predicted octanol–water partition coefficient (Wildman–Crippen LogP) is 2.64. The van der Waals surface area contributed by atoms with Crippen molar-refractivity contribution in [1.82, 2.24) is 5.32 Å². The van der Waals surface area contributed by atoms with E-state index in [1.807, 2.05) is 30.3 Å². The van der Waals surface area contributed by atoms with Crippen molar-refractivity contribution in [3.05, 3.63) is 58.6 Å². The Bertz CT molecular complexity index is 757. The predicted molar refractivity (Wildman–Crippen MR) is 103 cm³/mol. The molecule has 0 saturated carbocycles. The molecule has 0 aliphatic heterocycles. The lowest BCUT2D eigenvalue weighted by Crippen LogP contribution is -2.29. The van der Waals surface area contributed by atoms with Crippen LogP contribution in [0.2, 0.25) is 5.02 Å². The Labute approximate surface area is 162 Å². The van der Waals surface area contributed by atoms with Gasteiger partial charge in [-0.2, -0.15) is 0 Å². The summed E-state index contributed by atoms with van der Waals surface area (Å²) < 4.78 is 10.2. The molecule has 0 aliphatic carbocycles. The van der Waals surface area contributed by atoms with Crippen molar-refractivity contribution in [3.8, 4) is 5.75 Å². The second kappa shape index (κ2) is 10.0. The molecule has 2 atom stereocenters. The minimum atomic E-state index is -1.26. The molecule has 0 heterocycles. The number of benzene rings is 2. The van der Waals surface area contributed by atoms with E-state index in [1.165, 1.54) is 19.2 Å². The number of nitrogens with two attached hydrogens (primary N) is 1. The molecule has 0 spiro atoms. The zero-order valence-electron chi connectivity index (χ0n) is 14.9. The van der Waals surface area contributed by atoms with Gasteiger partial charge in [-0.15, -0.1) is 0 Å². The molecular formula is C19H23ClN2O5. The van der Waals surface area contributed by atoms with Crippen LogP contribution in [0.3, 0.4) is 0 Å². The molecule has 2 unspecified atom stereocenters. The number of hydrogen-bond acceptors (Lipinski definition) is 6. The number of methoxy groups -OCH3 is 1. The van der Waals surface area contributed by atoms with Gasteiger partial charge in [-0.1, -0.05) is 41.9 Å².